The van der Waals surface area contributed by atoms with E-state index in [0.717, 1.165) is 16.7 Å². The summed E-state index contributed by atoms with van der Waals surface area (Å²) in [5.74, 6) is -0.477. The van der Waals surface area contributed by atoms with Gasteiger partial charge in [0.05, 0.1) is 15.5 Å². The number of benzene rings is 3. The normalized spacial score (nSPS) is 11.2. The van der Waals surface area contributed by atoms with Crippen molar-refractivity contribution in [1.29, 1.82) is 0 Å². The average Bonchev–Trinajstić information content (AvgIpc) is 2.63. The first-order chi connectivity index (χ1) is 13.7. The highest BCUT2D eigenvalue weighted by atomic mass is 35.5. The van der Waals surface area contributed by atoms with E-state index in [4.69, 9.17) is 11.6 Å². The highest BCUT2D eigenvalue weighted by Gasteiger charge is 2.19. The fraction of sp³-hybridized carbons (Fsp3) is 0.136. The largest absolute Gasteiger partial charge is 0.322 e. The van der Waals surface area contributed by atoms with E-state index in [1.165, 1.54) is 18.2 Å². The van der Waals surface area contributed by atoms with Crippen molar-refractivity contribution in [3.05, 3.63) is 87.9 Å². The Hall–Kier alpha value is -2.83. The molecule has 0 aliphatic heterocycles. The molecule has 0 saturated carbocycles. The number of hydrogen-bond donors (Lipinski definition) is 2. The maximum absolute atomic E-state index is 12.8. The molecule has 0 spiro atoms. The van der Waals surface area contributed by atoms with Crippen molar-refractivity contribution in [2.24, 2.45) is 0 Å². The van der Waals surface area contributed by atoms with Crippen molar-refractivity contribution in [3.8, 4) is 0 Å². The minimum Gasteiger partial charge on any atom is -0.322 e. The van der Waals surface area contributed by atoms with Gasteiger partial charge in [-0.15, -0.1) is 0 Å². The van der Waals surface area contributed by atoms with Crippen LogP contribution in [0.3, 0.4) is 0 Å². The molecule has 150 valence electrons. The maximum atomic E-state index is 12.8. The second-order valence-corrected chi connectivity index (χ2v) is 8.98. The SMILES string of the molecule is Cc1cccc(NS(=O)(=O)c2ccc(Cl)c(C(=O)Nc3ccc(C)cc3C)c2)c1. The number of anilines is 2. The van der Waals surface area contributed by atoms with Gasteiger partial charge in [-0.25, -0.2) is 8.42 Å². The second kappa shape index (κ2) is 8.27. The van der Waals surface area contributed by atoms with Crippen molar-refractivity contribution in [3.63, 3.8) is 0 Å². The number of sulfonamides is 1. The third kappa shape index (κ3) is 4.96. The molecule has 0 aliphatic rings. The van der Waals surface area contributed by atoms with Crippen LogP contribution >= 0.6 is 11.6 Å². The molecule has 0 fully saturated rings. The topological polar surface area (TPSA) is 75.3 Å². The molecule has 3 aromatic carbocycles. The van der Waals surface area contributed by atoms with E-state index in [1.54, 1.807) is 24.3 Å². The van der Waals surface area contributed by atoms with Crippen LogP contribution in [0.15, 0.2) is 65.6 Å². The smallest absolute Gasteiger partial charge is 0.261 e. The molecule has 0 bridgehead atoms. The predicted octanol–water partition coefficient (Wildman–Crippen LogP) is 5.32. The molecule has 0 atom stereocenters. The fourth-order valence-corrected chi connectivity index (χ4v) is 4.19. The van der Waals surface area contributed by atoms with Gasteiger partial charge in [-0.1, -0.05) is 41.4 Å². The van der Waals surface area contributed by atoms with Gasteiger partial charge in [-0.05, 0) is 68.3 Å². The number of amides is 1. The monoisotopic (exact) mass is 428 g/mol. The summed E-state index contributed by atoms with van der Waals surface area (Å²) < 4.78 is 28.0. The molecule has 5 nitrogen and oxygen atoms in total. The first-order valence-electron chi connectivity index (χ1n) is 8.93. The number of aryl methyl sites for hydroxylation is 3. The highest BCUT2D eigenvalue weighted by Crippen LogP contribution is 2.25. The molecular weight excluding hydrogens is 408 g/mol. The van der Waals surface area contributed by atoms with Crippen LogP contribution in [0, 0.1) is 20.8 Å². The van der Waals surface area contributed by atoms with E-state index in [1.807, 2.05) is 39.0 Å². The first kappa shape index (κ1) is 20.9. The molecule has 7 heteroatoms. The van der Waals surface area contributed by atoms with Crippen LogP contribution in [-0.4, -0.2) is 14.3 Å². The zero-order chi connectivity index (χ0) is 21.2. The molecule has 3 aromatic rings. The minimum absolute atomic E-state index is 0.0471. The first-order valence-corrected chi connectivity index (χ1v) is 10.8. The maximum Gasteiger partial charge on any atom is 0.261 e. The van der Waals surface area contributed by atoms with E-state index in [0.29, 0.717) is 11.4 Å². The average molecular weight is 429 g/mol. The van der Waals surface area contributed by atoms with Crippen molar-refractivity contribution in [1.82, 2.24) is 0 Å². The summed E-state index contributed by atoms with van der Waals surface area (Å²) in [5.41, 5.74) is 4.07. The summed E-state index contributed by atoms with van der Waals surface area (Å²) in [6.07, 6.45) is 0. The Balaban J connectivity index is 1.89. The number of hydrogen-bond acceptors (Lipinski definition) is 3. The van der Waals surface area contributed by atoms with Gasteiger partial charge < -0.3 is 5.32 Å². The van der Waals surface area contributed by atoms with E-state index in [2.05, 4.69) is 10.0 Å². The van der Waals surface area contributed by atoms with Crippen LogP contribution in [0.4, 0.5) is 11.4 Å². The third-order valence-corrected chi connectivity index (χ3v) is 6.10. The van der Waals surface area contributed by atoms with Gasteiger partial charge in [0, 0.05) is 11.4 Å². The fourth-order valence-electron chi connectivity index (χ4n) is 2.91. The Kier molecular flexibility index (Phi) is 5.96. The minimum atomic E-state index is -3.88. The Bertz CT molecular complexity index is 1190. The summed E-state index contributed by atoms with van der Waals surface area (Å²) in [6.45, 7) is 5.72. The van der Waals surface area contributed by atoms with Crippen molar-refractivity contribution in [2.75, 3.05) is 10.0 Å². The van der Waals surface area contributed by atoms with Crippen molar-refractivity contribution in [2.45, 2.75) is 25.7 Å². The number of halogens is 1. The standard InChI is InChI=1S/C22H21ClN2O3S/c1-14-5-4-6-17(12-14)25-29(27,28)18-8-9-20(23)19(13-18)22(26)24-21-10-7-15(2)11-16(21)3/h4-13,25H,1-3H3,(H,24,26). The van der Waals surface area contributed by atoms with Crippen LogP contribution in [0.1, 0.15) is 27.0 Å². The summed E-state index contributed by atoms with van der Waals surface area (Å²) in [5, 5.41) is 2.96. The Morgan fingerprint density at radius 2 is 1.62 bits per heavy atom. The predicted molar refractivity (Wildman–Crippen MR) is 117 cm³/mol. The molecule has 0 radical (unpaired) electrons. The van der Waals surface area contributed by atoms with E-state index in [-0.39, 0.29) is 15.5 Å². The van der Waals surface area contributed by atoms with Gasteiger partial charge in [-0.2, -0.15) is 0 Å². The molecule has 0 aliphatic carbocycles. The quantitative estimate of drug-likeness (QED) is 0.577. The van der Waals surface area contributed by atoms with Gasteiger partial charge in [0.25, 0.3) is 15.9 Å². The van der Waals surface area contributed by atoms with Gasteiger partial charge in [-0.3, -0.25) is 9.52 Å². The lowest BCUT2D eigenvalue weighted by molar-refractivity contribution is 0.102. The molecule has 1 amide bonds. The van der Waals surface area contributed by atoms with Gasteiger partial charge in [0.2, 0.25) is 0 Å². The molecule has 0 saturated heterocycles. The van der Waals surface area contributed by atoms with Crippen LogP contribution < -0.4 is 10.0 Å². The van der Waals surface area contributed by atoms with Crippen LogP contribution in [0.2, 0.25) is 5.02 Å². The van der Waals surface area contributed by atoms with Gasteiger partial charge in [0.1, 0.15) is 0 Å². The highest BCUT2D eigenvalue weighted by molar-refractivity contribution is 7.92. The molecule has 0 aromatic heterocycles. The van der Waals surface area contributed by atoms with Gasteiger partial charge >= 0.3 is 0 Å². The molecule has 0 heterocycles. The lowest BCUT2D eigenvalue weighted by Crippen LogP contribution is -2.17. The Labute approximate surface area is 175 Å². The van der Waals surface area contributed by atoms with Crippen molar-refractivity contribution >= 4 is 38.9 Å². The Morgan fingerprint density at radius 3 is 2.31 bits per heavy atom. The number of nitrogens with one attached hydrogen (secondary N) is 2. The van der Waals surface area contributed by atoms with Crippen LogP contribution in [0.5, 0.6) is 0 Å². The van der Waals surface area contributed by atoms with E-state index < -0.39 is 15.9 Å². The lowest BCUT2D eigenvalue weighted by Gasteiger charge is -2.12. The number of rotatable bonds is 5. The summed E-state index contributed by atoms with van der Waals surface area (Å²) >= 11 is 6.18. The number of carbonyl (C=O) groups excluding carboxylic acids is 1. The van der Waals surface area contributed by atoms with E-state index in [9.17, 15) is 13.2 Å². The molecule has 2 N–H and O–H groups in total. The molecule has 29 heavy (non-hydrogen) atoms. The zero-order valence-electron chi connectivity index (χ0n) is 16.3. The number of carbonyl (C=O) groups is 1. The molecular formula is C22H21ClN2O3S. The second-order valence-electron chi connectivity index (χ2n) is 6.89. The third-order valence-electron chi connectivity index (χ3n) is 4.39. The molecule has 3 rings (SSSR count). The summed E-state index contributed by atoms with van der Waals surface area (Å²) in [6, 6.07) is 16.7. The zero-order valence-corrected chi connectivity index (χ0v) is 17.9. The Morgan fingerprint density at radius 1 is 0.897 bits per heavy atom. The van der Waals surface area contributed by atoms with Crippen LogP contribution in [-0.2, 0) is 10.0 Å². The van der Waals surface area contributed by atoms with Crippen molar-refractivity contribution < 1.29 is 13.2 Å². The molecule has 0 unspecified atom stereocenters. The van der Waals surface area contributed by atoms with Crippen LogP contribution in [0.25, 0.3) is 0 Å². The summed E-state index contributed by atoms with van der Waals surface area (Å²) in [4.78, 5) is 12.7. The lowest BCUT2D eigenvalue weighted by atomic mass is 10.1. The van der Waals surface area contributed by atoms with E-state index >= 15 is 0 Å². The van der Waals surface area contributed by atoms with Gasteiger partial charge in [0.15, 0.2) is 0 Å². The summed E-state index contributed by atoms with van der Waals surface area (Å²) in [7, 11) is -3.88.